The van der Waals surface area contributed by atoms with Crippen LogP contribution in [-0.4, -0.2) is 45.4 Å². The highest BCUT2D eigenvalue weighted by Gasteiger charge is 2.22. The van der Waals surface area contributed by atoms with E-state index in [0.29, 0.717) is 31.7 Å². The predicted molar refractivity (Wildman–Crippen MR) is 99.9 cm³/mol. The topological polar surface area (TPSA) is 66.9 Å². The summed E-state index contributed by atoms with van der Waals surface area (Å²) in [6, 6.07) is 10.4. The Morgan fingerprint density at radius 3 is 2.22 bits per heavy atom. The first-order chi connectivity index (χ1) is 12.8. The summed E-state index contributed by atoms with van der Waals surface area (Å²) >= 11 is 0. The Bertz CT molecular complexity index is 937. The van der Waals surface area contributed by atoms with Gasteiger partial charge in [-0.1, -0.05) is 6.07 Å². The fourth-order valence-corrected chi connectivity index (χ4v) is 3.96. The van der Waals surface area contributed by atoms with E-state index >= 15 is 0 Å². The lowest BCUT2D eigenvalue weighted by atomic mass is 10.2. The number of halogens is 1. The molecule has 0 radical (unpaired) electrons. The van der Waals surface area contributed by atoms with Crippen molar-refractivity contribution in [3.63, 3.8) is 0 Å². The minimum absolute atomic E-state index is 0.0620. The Morgan fingerprint density at radius 1 is 1.04 bits per heavy atom. The molecule has 0 aromatic heterocycles. The highest BCUT2D eigenvalue weighted by atomic mass is 32.2. The molecule has 6 nitrogen and oxygen atoms in total. The van der Waals surface area contributed by atoms with Gasteiger partial charge in [-0.25, -0.2) is 4.39 Å². The first-order valence-corrected chi connectivity index (χ1v) is 9.98. The average molecular weight is 392 g/mol. The SMILES string of the molecule is CC(=O)N1CCN(c2ccc(OS(=O)(=O)c3ccc(C)cc3F)cc2)CC1. The molecule has 0 N–H and O–H groups in total. The van der Waals surface area contributed by atoms with Crippen LogP contribution < -0.4 is 9.08 Å². The van der Waals surface area contributed by atoms with Crippen LogP contribution in [0.2, 0.25) is 0 Å². The summed E-state index contributed by atoms with van der Waals surface area (Å²) in [5.74, 6) is -0.664. The molecule has 1 heterocycles. The molecule has 1 aliphatic rings. The van der Waals surface area contributed by atoms with E-state index in [9.17, 15) is 17.6 Å². The highest BCUT2D eigenvalue weighted by Crippen LogP contribution is 2.25. The number of carbonyl (C=O) groups excluding carboxylic acids is 1. The van der Waals surface area contributed by atoms with E-state index in [-0.39, 0.29) is 11.7 Å². The van der Waals surface area contributed by atoms with Crippen molar-refractivity contribution in [3.05, 3.63) is 53.8 Å². The largest absolute Gasteiger partial charge is 0.379 e. The predicted octanol–water partition coefficient (Wildman–Crippen LogP) is 2.57. The van der Waals surface area contributed by atoms with Crippen LogP contribution in [0.3, 0.4) is 0 Å². The van der Waals surface area contributed by atoms with Gasteiger partial charge in [-0.15, -0.1) is 0 Å². The highest BCUT2D eigenvalue weighted by molar-refractivity contribution is 7.87. The van der Waals surface area contributed by atoms with Crippen molar-refractivity contribution in [2.75, 3.05) is 31.1 Å². The van der Waals surface area contributed by atoms with Crippen LogP contribution in [0, 0.1) is 12.7 Å². The number of piperazine rings is 1. The maximum atomic E-state index is 14.0. The molecule has 1 saturated heterocycles. The van der Waals surface area contributed by atoms with E-state index < -0.39 is 20.8 Å². The normalized spacial score (nSPS) is 14.9. The van der Waals surface area contributed by atoms with Crippen molar-refractivity contribution < 1.29 is 21.8 Å². The molecule has 1 amide bonds. The Kier molecular flexibility index (Phi) is 5.36. The van der Waals surface area contributed by atoms with Gasteiger partial charge in [0.15, 0.2) is 0 Å². The fraction of sp³-hybridized carbons (Fsp3) is 0.316. The molecule has 1 aliphatic heterocycles. The van der Waals surface area contributed by atoms with Crippen LogP contribution >= 0.6 is 0 Å². The smallest absolute Gasteiger partial charge is 0.342 e. The molecular weight excluding hydrogens is 371 g/mol. The molecule has 144 valence electrons. The Labute approximate surface area is 158 Å². The summed E-state index contributed by atoms with van der Waals surface area (Å²) in [6.07, 6.45) is 0. The van der Waals surface area contributed by atoms with E-state index in [1.54, 1.807) is 30.9 Å². The van der Waals surface area contributed by atoms with Gasteiger partial charge in [0.2, 0.25) is 5.91 Å². The number of anilines is 1. The van der Waals surface area contributed by atoms with Gasteiger partial charge in [-0.2, -0.15) is 8.42 Å². The number of hydrogen-bond donors (Lipinski definition) is 0. The molecular formula is C19H21FN2O4S. The van der Waals surface area contributed by atoms with Crippen LogP contribution in [-0.2, 0) is 14.9 Å². The van der Waals surface area contributed by atoms with Gasteiger partial charge >= 0.3 is 10.1 Å². The molecule has 0 saturated carbocycles. The number of benzene rings is 2. The fourth-order valence-electron chi connectivity index (χ4n) is 2.97. The lowest BCUT2D eigenvalue weighted by Gasteiger charge is -2.35. The van der Waals surface area contributed by atoms with E-state index in [1.165, 1.54) is 24.3 Å². The third-order valence-corrected chi connectivity index (χ3v) is 5.77. The molecule has 0 bridgehead atoms. The Balaban J connectivity index is 1.70. The number of rotatable bonds is 4. The van der Waals surface area contributed by atoms with Crippen LogP contribution in [0.25, 0.3) is 0 Å². The van der Waals surface area contributed by atoms with E-state index in [4.69, 9.17) is 4.18 Å². The molecule has 0 atom stereocenters. The number of aryl methyl sites for hydroxylation is 1. The zero-order chi connectivity index (χ0) is 19.6. The monoisotopic (exact) mass is 392 g/mol. The van der Waals surface area contributed by atoms with Gasteiger partial charge < -0.3 is 14.0 Å². The number of nitrogens with zero attached hydrogens (tertiary/aromatic N) is 2. The second-order valence-corrected chi connectivity index (χ2v) is 7.97. The molecule has 3 rings (SSSR count). The summed E-state index contributed by atoms with van der Waals surface area (Å²) in [4.78, 5) is 14.8. The van der Waals surface area contributed by atoms with Crippen molar-refractivity contribution >= 4 is 21.7 Å². The van der Waals surface area contributed by atoms with Gasteiger partial charge in [-0.3, -0.25) is 4.79 Å². The Hall–Kier alpha value is -2.61. The minimum atomic E-state index is -4.25. The molecule has 0 unspecified atom stereocenters. The maximum Gasteiger partial charge on any atom is 0.342 e. The van der Waals surface area contributed by atoms with E-state index in [1.807, 2.05) is 0 Å². The molecule has 1 fully saturated rings. The number of hydrogen-bond acceptors (Lipinski definition) is 5. The average Bonchev–Trinajstić information content (AvgIpc) is 2.62. The van der Waals surface area contributed by atoms with Crippen molar-refractivity contribution in [2.45, 2.75) is 18.7 Å². The summed E-state index contributed by atoms with van der Waals surface area (Å²) in [5.41, 5.74) is 1.53. The van der Waals surface area contributed by atoms with Crippen molar-refractivity contribution in [3.8, 4) is 5.75 Å². The summed E-state index contributed by atoms with van der Waals surface area (Å²) < 4.78 is 43.6. The quantitative estimate of drug-likeness (QED) is 0.748. The number of amides is 1. The first-order valence-electron chi connectivity index (χ1n) is 8.57. The third kappa shape index (κ3) is 4.39. The van der Waals surface area contributed by atoms with Crippen molar-refractivity contribution in [2.24, 2.45) is 0 Å². The maximum absolute atomic E-state index is 14.0. The van der Waals surface area contributed by atoms with Gasteiger partial charge in [0, 0.05) is 38.8 Å². The molecule has 0 spiro atoms. The Morgan fingerprint density at radius 2 is 1.67 bits per heavy atom. The van der Waals surface area contributed by atoms with E-state index in [2.05, 4.69) is 4.90 Å². The first kappa shape index (κ1) is 19.2. The van der Waals surface area contributed by atoms with Gasteiger partial charge in [0.1, 0.15) is 16.5 Å². The molecule has 8 heteroatoms. The molecule has 2 aromatic carbocycles. The molecule has 2 aromatic rings. The van der Waals surface area contributed by atoms with Gasteiger partial charge in [0.25, 0.3) is 0 Å². The van der Waals surface area contributed by atoms with Gasteiger partial charge in [0.05, 0.1) is 0 Å². The van der Waals surface area contributed by atoms with E-state index in [0.717, 1.165) is 11.8 Å². The second kappa shape index (κ2) is 7.56. The number of carbonyl (C=O) groups is 1. The van der Waals surface area contributed by atoms with Crippen molar-refractivity contribution in [1.82, 2.24) is 4.90 Å². The molecule has 0 aliphatic carbocycles. The lowest BCUT2D eigenvalue weighted by molar-refractivity contribution is -0.129. The van der Waals surface area contributed by atoms with Crippen molar-refractivity contribution in [1.29, 1.82) is 0 Å². The third-order valence-electron chi connectivity index (χ3n) is 4.49. The molecule has 27 heavy (non-hydrogen) atoms. The summed E-state index contributed by atoms with van der Waals surface area (Å²) in [6.45, 7) is 5.93. The van der Waals surface area contributed by atoms with Gasteiger partial charge in [-0.05, 0) is 48.9 Å². The van der Waals surface area contributed by atoms with Crippen LogP contribution in [0.5, 0.6) is 5.75 Å². The lowest BCUT2D eigenvalue weighted by Crippen LogP contribution is -2.48. The minimum Gasteiger partial charge on any atom is -0.379 e. The summed E-state index contributed by atoms with van der Waals surface area (Å²) in [7, 11) is -4.25. The second-order valence-electron chi connectivity index (χ2n) is 6.46. The van der Waals surface area contributed by atoms with Crippen LogP contribution in [0.4, 0.5) is 10.1 Å². The van der Waals surface area contributed by atoms with Crippen LogP contribution in [0.15, 0.2) is 47.4 Å². The zero-order valence-corrected chi connectivity index (χ0v) is 16.0. The standard InChI is InChI=1S/C19H21FN2O4S/c1-14-3-8-19(18(20)13-14)27(24,25)26-17-6-4-16(5-7-17)22-11-9-21(10-12-22)15(2)23/h3-8,13H,9-12H2,1-2H3. The summed E-state index contributed by atoms with van der Waals surface area (Å²) in [5, 5.41) is 0. The zero-order valence-electron chi connectivity index (χ0n) is 15.2. The van der Waals surface area contributed by atoms with Crippen LogP contribution in [0.1, 0.15) is 12.5 Å².